The van der Waals surface area contributed by atoms with Crippen LogP contribution in [0.3, 0.4) is 0 Å². The van der Waals surface area contributed by atoms with Crippen molar-refractivity contribution in [1.82, 2.24) is 5.32 Å². The summed E-state index contributed by atoms with van der Waals surface area (Å²) in [7, 11) is 0. The third-order valence-corrected chi connectivity index (χ3v) is 2.74. The first-order valence-electron chi connectivity index (χ1n) is 4.42. The van der Waals surface area contributed by atoms with Crippen LogP contribution in [0.5, 0.6) is 0 Å². The smallest absolute Gasteiger partial charge is 0.163 e. The molecule has 0 radical (unpaired) electrons. The number of thiocarbonyl (C=S) groups is 1. The standard InChI is InChI=1S/C10H14N2S2/c1-7-8(3-2-4-9(7)13)5-6-12-10(11)14/h2-4,13H,5-6H2,1H3,(H3,11,12,14). The van der Waals surface area contributed by atoms with Gasteiger partial charge < -0.3 is 11.1 Å². The summed E-state index contributed by atoms with van der Waals surface area (Å²) in [6.45, 7) is 2.84. The number of thiol groups is 1. The fraction of sp³-hybridized carbons (Fsp3) is 0.300. The van der Waals surface area contributed by atoms with E-state index in [9.17, 15) is 0 Å². The van der Waals surface area contributed by atoms with E-state index in [1.165, 1.54) is 11.1 Å². The Morgan fingerprint density at radius 3 is 2.93 bits per heavy atom. The van der Waals surface area contributed by atoms with E-state index in [-0.39, 0.29) is 0 Å². The first-order chi connectivity index (χ1) is 6.61. The molecular formula is C10H14N2S2. The van der Waals surface area contributed by atoms with Crippen LogP contribution in [0.2, 0.25) is 0 Å². The molecule has 0 saturated heterocycles. The van der Waals surface area contributed by atoms with E-state index < -0.39 is 0 Å². The van der Waals surface area contributed by atoms with Crippen molar-refractivity contribution in [2.24, 2.45) is 5.73 Å². The lowest BCUT2D eigenvalue weighted by atomic mass is 10.1. The zero-order valence-corrected chi connectivity index (χ0v) is 9.79. The highest BCUT2D eigenvalue weighted by Crippen LogP contribution is 2.16. The fourth-order valence-corrected chi connectivity index (χ4v) is 1.59. The minimum absolute atomic E-state index is 0.352. The molecule has 0 bridgehead atoms. The normalized spacial score (nSPS) is 9.86. The first-order valence-corrected chi connectivity index (χ1v) is 5.27. The maximum Gasteiger partial charge on any atom is 0.163 e. The minimum atomic E-state index is 0.352. The quantitative estimate of drug-likeness (QED) is 0.542. The highest BCUT2D eigenvalue weighted by Gasteiger charge is 2.00. The number of hydrogen-bond donors (Lipinski definition) is 3. The minimum Gasteiger partial charge on any atom is -0.376 e. The van der Waals surface area contributed by atoms with E-state index in [1.54, 1.807) is 0 Å². The third-order valence-electron chi connectivity index (χ3n) is 2.11. The van der Waals surface area contributed by atoms with Crippen LogP contribution < -0.4 is 11.1 Å². The molecule has 0 aliphatic heterocycles. The molecule has 0 atom stereocenters. The van der Waals surface area contributed by atoms with Crippen LogP contribution in [0.25, 0.3) is 0 Å². The number of benzene rings is 1. The van der Waals surface area contributed by atoms with Gasteiger partial charge in [-0.2, -0.15) is 0 Å². The van der Waals surface area contributed by atoms with Gasteiger partial charge in [-0.05, 0) is 42.8 Å². The van der Waals surface area contributed by atoms with Crippen LogP contribution in [0.1, 0.15) is 11.1 Å². The van der Waals surface area contributed by atoms with Crippen molar-refractivity contribution in [3.8, 4) is 0 Å². The van der Waals surface area contributed by atoms with E-state index >= 15 is 0 Å². The maximum atomic E-state index is 5.33. The van der Waals surface area contributed by atoms with Crippen molar-refractivity contribution in [2.75, 3.05) is 6.54 Å². The SMILES string of the molecule is Cc1c(S)cccc1CCNC(N)=S. The molecule has 0 aliphatic rings. The largest absolute Gasteiger partial charge is 0.376 e. The van der Waals surface area contributed by atoms with Crippen LogP contribution in [-0.4, -0.2) is 11.7 Å². The third kappa shape index (κ3) is 3.20. The van der Waals surface area contributed by atoms with E-state index in [4.69, 9.17) is 18.0 Å². The second-order valence-electron chi connectivity index (χ2n) is 3.10. The first kappa shape index (κ1) is 11.3. The molecule has 2 nitrogen and oxygen atoms in total. The Bertz CT molecular complexity index is 337. The number of nitrogens with two attached hydrogens (primary N) is 1. The molecule has 1 aromatic rings. The van der Waals surface area contributed by atoms with Crippen molar-refractivity contribution in [3.63, 3.8) is 0 Å². The molecule has 0 aromatic heterocycles. The van der Waals surface area contributed by atoms with Gasteiger partial charge in [0.25, 0.3) is 0 Å². The summed E-state index contributed by atoms with van der Waals surface area (Å²) >= 11 is 9.08. The van der Waals surface area contributed by atoms with Gasteiger partial charge in [0.15, 0.2) is 5.11 Å². The lowest BCUT2D eigenvalue weighted by Crippen LogP contribution is -2.30. The lowest BCUT2D eigenvalue weighted by Gasteiger charge is -2.08. The van der Waals surface area contributed by atoms with Gasteiger partial charge in [0.2, 0.25) is 0 Å². The average Bonchev–Trinajstić information content (AvgIpc) is 2.12. The zero-order valence-electron chi connectivity index (χ0n) is 8.08. The van der Waals surface area contributed by atoms with Crippen molar-refractivity contribution in [1.29, 1.82) is 0 Å². The summed E-state index contributed by atoms with van der Waals surface area (Å²) in [6.07, 6.45) is 0.914. The van der Waals surface area contributed by atoms with Crippen LogP contribution in [0, 0.1) is 6.92 Å². The Labute approximate surface area is 95.3 Å². The van der Waals surface area contributed by atoms with Crippen LogP contribution in [-0.2, 0) is 6.42 Å². The summed E-state index contributed by atoms with van der Waals surface area (Å²) in [5.74, 6) is 0. The van der Waals surface area contributed by atoms with Crippen LogP contribution in [0.15, 0.2) is 23.1 Å². The number of rotatable bonds is 3. The van der Waals surface area contributed by atoms with Crippen molar-refractivity contribution < 1.29 is 0 Å². The molecule has 0 spiro atoms. The van der Waals surface area contributed by atoms with E-state index in [0.29, 0.717) is 5.11 Å². The van der Waals surface area contributed by atoms with Crippen LogP contribution >= 0.6 is 24.8 Å². The second kappa shape index (κ2) is 5.22. The molecule has 1 aromatic carbocycles. The molecule has 14 heavy (non-hydrogen) atoms. The van der Waals surface area contributed by atoms with Gasteiger partial charge in [-0.1, -0.05) is 12.1 Å². The van der Waals surface area contributed by atoms with Gasteiger partial charge in [0, 0.05) is 11.4 Å². The molecule has 4 heteroatoms. The predicted molar refractivity (Wildman–Crippen MR) is 66.9 cm³/mol. The monoisotopic (exact) mass is 226 g/mol. The van der Waals surface area contributed by atoms with Gasteiger partial charge in [-0.3, -0.25) is 0 Å². The van der Waals surface area contributed by atoms with Gasteiger partial charge in [-0.25, -0.2) is 0 Å². The molecule has 0 unspecified atom stereocenters. The van der Waals surface area contributed by atoms with E-state index in [1.807, 2.05) is 12.1 Å². The predicted octanol–water partition coefficient (Wildman–Crippen LogP) is 1.66. The average molecular weight is 226 g/mol. The van der Waals surface area contributed by atoms with Gasteiger partial charge >= 0.3 is 0 Å². The Morgan fingerprint density at radius 2 is 2.29 bits per heavy atom. The molecular weight excluding hydrogens is 212 g/mol. The summed E-state index contributed by atoms with van der Waals surface area (Å²) in [5, 5.41) is 3.28. The van der Waals surface area contributed by atoms with Crippen molar-refractivity contribution in [3.05, 3.63) is 29.3 Å². The molecule has 0 amide bonds. The highest BCUT2D eigenvalue weighted by atomic mass is 32.1. The molecule has 0 aliphatic carbocycles. The van der Waals surface area contributed by atoms with E-state index in [0.717, 1.165) is 17.9 Å². The lowest BCUT2D eigenvalue weighted by molar-refractivity contribution is 0.860. The molecule has 1 rings (SSSR count). The number of nitrogens with one attached hydrogen (secondary N) is 1. The summed E-state index contributed by atoms with van der Waals surface area (Å²) in [5.41, 5.74) is 7.83. The maximum absolute atomic E-state index is 5.33. The van der Waals surface area contributed by atoms with Crippen molar-refractivity contribution in [2.45, 2.75) is 18.2 Å². The fourth-order valence-electron chi connectivity index (χ4n) is 1.26. The Morgan fingerprint density at radius 1 is 1.57 bits per heavy atom. The van der Waals surface area contributed by atoms with Gasteiger partial charge in [0.05, 0.1) is 0 Å². The summed E-state index contributed by atoms with van der Waals surface area (Å²) in [4.78, 5) is 1.03. The van der Waals surface area contributed by atoms with Crippen LogP contribution in [0.4, 0.5) is 0 Å². The highest BCUT2D eigenvalue weighted by molar-refractivity contribution is 7.80. The molecule has 0 fully saturated rings. The van der Waals surface area contributed by atoms with E-state index in [2.05, 4.69) is 30.9 Å². The number of hydrogen-bond acceptors (Lipinski definition) is 2. The Hall–Kier alpha value is -0.740. The molecule has 76 valence electrons. The summed E-state index contributed by atoms with van der Waals surface area (Å²) in [6, 6.07) is 6.09. The topological polar surface area (TPSA) is 38.0 Å². The zero-order chi connectivity index (χ0) is 10.6. The van der Waals surface area contributed by atoms with Gasteiger partial charge in [0.1, 0.15) is 0 Å². The molecule has 0 heterocycles. The molecule has 0 saturated carbocycles. The second-order valence-corrected chi connectivity index (χ2v) is 4.02. The van der Waals surface area contributed by atoms with Gasteiger partial charge in [-0.15, -0.1) is 12.6 Å². The Balaban J connectivity index is 2.59. The summed E-state index contributed by atoms with van der Waals surface area (Å²) < 4.78 is 0. The Kier molecular flexibility index (Phi) is 4.22. The molecule has 3 N–H and O–H groups in total. The van der Waals surface area contributed by atoms with Crippen molar-refractivity contribution >= 4 is 30.0 Å².